The van der Waals surface area contributed by atoms with Crippen LogP contribution in [-0.4, -0.2) is 23.2 Å². The maximum absolute atomic E-state index is 12.4. The molecule has 1 rings (SSSR count). The van der Waals surface area contributed by atoms with Gasteiger partial charge in [-0.15, -0.1) is 0 Å². The van der Waals surface area contributed by atoms with Gasteiger partial charge in [0.15, 0.2) is 0 Å². The maximum Gasteiger partial charge on any atom is 0.418 e. The van der Waals surface area contributed by atoms with E-state index in [0.29, 0.717) is 6.20 Å². The minimum Gasteiger partial charge on any atom is -0.505 e. The van der Waals surface area contributed by atoms with Crippen molar-refractivity contribution in [1.29, 1.82) is 0 Å². The average Bonchev–Trinajstić information content (AvgIpc) is 2.15. The van der Waals surface area contributed by atoms with Crippen molar-refractivity contribution >= 4 is 5.97 Å². The Morgan fingerprint density at radius 3 is 2.53 bits per heavy atom. The van der Waals surface area contributed by atoms with Gasteiger partial charge in [0.2, 0.25) is 0 Å². The summed E-state index contributed by atoms with van der Waals surface area (Å²) in [5, 5.41) is 9.09. The quantitative estimate of drug-likeness (QED) is 0.731. The molecular formula is C8H6F3NO3. The Morgan fingerprint density at radius 2 is 2.07 bits per heavy atom. The van der Waals surface area contributed by atoms with Gasteiger partial charge in [-0.05, 0) is 0 Å². The van der Waals surface area contributed by atoms with E-state index in [1.54, 1.807) is 0 Å². The summed E-state index contributed by atoms with van der Waals surface area (Å²) in [7, 11) is 0.919. The highest BCUT2D eigenvalue weighted by molar-refractivity contribution is 5.93. The first-order chi connectivity index (χ1) is 6.88. The van der Waals surface area contributed by atoms with Gasteiger partial charge in [0.1, 0.15) is 11.3 Å². The van der Waals surface area contributed by atoms with Gasteiger partial charge in [0.25, 0.3) is 0 Å². The van der Waals surface area contributed by atoms with Crippen molar-refractivity contribution in [3.8, 4) is 5.75 Å². The fraction of sp³-hybridized carbons (Fsp3) is 0.250. The third-order valence-electron chi connectivity index (χ3n) is 1.62. The second-order valence-corrected chi connectivity index (χ2v) is 2.57. The van der Waals surface area contributed by atoms with Crippen molar-refractivity contribution < 1.29 is 27.8 Å². The molecule has 0 aliphatic rings. The number of aromatic nitrogens is 1. The van der Waals surface area contributed by atoms with Crippen LogP contribution in [0.2, 0.25) is 0 Å². The normalized spacial score (nSPS) is 11.2. The number of esters is 1. The van der Waals surface area contributed by atoms with Crippen LogP contribution in [0.5, 0.6) is 5.75 Å². The number of methoxy groups -OCH3 is 1. The molecular weight excluding hydrogens is 215 g/mol. The van der Waals surface area contributed by atoms with E-state index >= 15 is 0 Å². The van der Waals surface area contributed by atoms with Crippen molar-refractivity contribution in [3.63, 3.8) is 0 Å². The van der Waals surface area contributed by atoms with Crippen molar-refractivity contribution in [1.82, 2.24) is 4.98 Å². The molecule has 0 saturated carbocycles. The van der Waals surface area contributed by atoms with Crippen molar-refractivity contribution in [3.05, 3.63) is 23.5 Å². The first-order valence-corrected chi connectivity index (χ1v) is 3.70. The lowest BCUT2D eigenvalue weighted by molar-refractivity contribution is -0.138. The number of aromatic hydroxyl groups is 1. The molecule has 0 atom stereocenters. The molecule has 0 aliphatic carbocycles. The van der Waals surface area contributed by atoms with Crippen LogP contribution in [0.3, 0.4) is 0 Å². The molecule has 82 valence electrons. The first-order valence-electron chi connectivity index (χ1n) is 3.70. The van der Waals surface area contributed by atoms with E-state index in [1.165, 1.54) is 0 Å². The van der Waals surface area contributed by atoms with Crippen LogP contribution < -0.4 is 0 Å². The third kappa shape index (κ3) is 2.17. The summed E-state index contributed by atoms with van der Waals surface area (Å²) in [5.41, 5.74) is -2.26. The van der Waals surface area contributed by atoms with E-state index in [9.17, 15) is 18.0 Å². The summed E-state index contributed by atoms with van der Waals surface area (Å²) >= 11 is 0. The van der Waals surface area contributed by atoms with Crippen LogP contribution in [0.4, 0.5) is 13.2 Å². The Hall–Kier alpha value is -1.79. The lowest BCUT2D eigenvalue weighted by Gasteiger charge is -2.11. The van der Waals surface area contributed by atoms with Gasteiger partial charge in [0, 0.05) is 6.20 Å². The number of alkyl halides is 3. The molecule has 1 aromatic heterocycles. The van der Waals surface area contributed by atoms with E-state index in [2.05, 4.69) is 9.72 Å². The van der Waals surface area contributed by atoms with E-state index in [0.717, 1.165) is 13.3 Å². The van der Waals surface area contributed by atoms with E-state index in [-0.39, 0.29) is 0 Å². The van der Waals surface area contributed by atoms with E-state index in [4.69, 9.17) is 5.11 Å². The zero-order valence-electron chi connectivity index (χ0n) is 7.50. The molecule has 4 nitrogen and oxygen atoms in total. The summed E-state index contributed by atoms with van der Waals surface area (Å²) in [6.45, 7) is 0. The smallest absolute Gasteiger partial charge is 0.418 e. The van der Waals surface area contributed by atoms with Crippen LogP contribution in [0.1, 0.15) is 15.9 Å². The number of halogens is 3. The Kier molecular flexibility index (Phi) is 2.83. The Bertz CT molecular complexity index is 389. The molecule has 0 bridgehead atoms. The lowest BCUT2D eigenvalue weighted by atomic mass is 10.1. The Balaban J connectivity index is 3.40. The summed E-state index contributed by atoms with van der Waals surface area (Å²) in [6, 6.07) is 0. The third-order valence-corrected chi connectivity index (χ3v) is 1.62. The van der Waals surface area contributed by atoms with Crippen LogP contribution >= 0.6 is 0 Å². The molecule has 0 saturated heterocycles. The minimum absolute atomic E-state index is 0.450. The molecule has 1 N–H and O–H groups in total. The standard InChI is InChI=1S/C8H6F3NO3/c1-15-7(14)6-4(8(9,10)11)2-12-3-5(6)13/h2-3,13H,1H3. The molecule has 7 heteroatoms. The fourth-order valence-corrected chi connectivity index (χ4v) is 0.981. The predicted octanol–water partition coefficient (Wildman–Crippen LogP) is 1.59. The highest BCUT2D eigenvalue weighted by Crippen LogP contribution is 2.34. The minimum atomic E-state index is -4.77. The molecule has 1 heterocycles. The maximum atomic E-state index is 12.4. The van der Waals surface area contributed by atoms with Crippen molar-refractivity contribution in [2.24, 2.45) is 0 Å². The zero-order valence-corrected chi connectivity index (χ0v) is 7.50. The van der Waals surface area contributed by atoms with Gasteiger partial charge in [-0.1, -0.05) is 0 Å². The van der Waals surface area contributed by atoms with Crippen molar-refractivity contribution in [2.45, 2.75) is 6.18 Å². The number of pyridine rings is 1. The molecule has 0 radical (unpaired) electrons. The molecule has 15 heavy (non-hydrogen) atoms. The van der Waals surface area contributed by atoms with E-state index in [1.807, 2.05) is 0 Å². The summed E-state index contributed by atoms with van der Waals surface area (Å²) < 4.78 is 41.2. The van der Waals surface area contributed by atoms with Gasteiger partial charge >= 0.3 is 12.1 Å². The number of carbonyl (C=O) groups excluding carboxylic acids is 1. The second kappa shape index (κ2) is 3.76. The number of ether oxygens (including phenoxy) is 1. The molecule has 0 aliphatic heterocycles. The van der Waals surface area contributed by atoms with Gasteiger partial charge in [0.05, 0.1) is 18.9 Å². The van der Waals surface area contributed by atoms with Gasteiger partial charge < -0.3 is 9.84 Å². The predicted molar refractivity (Wildman–Crippen MR) is 42.2 cm³/mol. The van der Waals surface area contributed by atoms with Crippen molar-refractivity contribution in [2.75, 3.05) is 7.11 Å². The molecule has 0 fully saturated rings. The molecule has 0 aromatic carbocycles. The van der Waals surface area contributed by atoms with Crippen LogP contribution in [0.25, 0.3) is 0 Å². The van der Waals surface area contributed by atoms with Crippen LogP contribution in [0.15, 0.2) is 12.4 Å². The Labute approximate surface area is 82.3 Å². The molecule has 0 spiro atoms. The summed E-state index contributed by atoms with van der Waals surface area (Å²) in [5.74, 6) is -2.13. The first kappa shape index (κ1) is 11.3. The summed E-state index contributed by atoms with van der Waals surface area (Å²) in [4.78, 5) is 14.1. The highest BCUT2D eigenvalue weighted by atomic mass is 19.4. The summed E-state index contributed by atoms with van der Waals surface area (Å²) in [6.07, 6.45) is -3.58. The highest BCUT2D eigenvalue weighted by Gasteiger charge is 2.37. The second-order valence-electron chi connectivity index (χ2n) is 2.57. The van der Waals surface area contributed by atoms with Crippen LogP contribution in [-0.2, 0) is 10.9 Å². The monoisotopic (exact) mass is 221 g/mol. The number of carbonyl (C=O) groups is 1. The number of nitrogens with zero attached hydrogens (tertiary/aromatic N) is 1. The Morgan fingerprint density at radius 1 is 1.47 bits per heavy atom. The van der Waals surface area contributed by atoms with Gasteiger partial charge in [-0.3, -0.25) is 4.98 Å². The van der Waals surface area contributed by atoms with Gasteiger partial charge in [-0.25, -0.2) is 4.79 Å². The SMILES string of the molecule is COC(=O)c1c(O)cncc1C(F)(F)F. The molecule has 0 unspecified atom stereocenters. The zero-order chi connectivity index (χ0) is 11.6. The number of rotatable bonds is 1. The largest absolute Gasteiger partial charge is 0.505 e. The molecule has 1 aromatic rings. The average molecular weight is 221 g/mol. The lowest BCUT2D eigenvalue weighted by Crippen LogP contribution is -2.14. The van der Waals surface area contributed by atoms with E-state index < -0.39 is 29.0 Å². The number of hydrogen-bond donors (Lipinski definition) is 1. The topological polar surface area (TPSA) is 59.4 Å². The number of hydrogen-bond acceptors (Lipinski definition) is 4. The molecule has 0 amide bonds. The van der Waals surface area contributed by atoms with Crippen LogP contribution in [0, 0.1) is 0 Å². The van der Waals surface area contributed by atoms with Gasteiger partial charge in [-0.2, -0.15) is 13.2 Å². The fourth-order valence-electron chi connectivity index (χ4n) is 0.981.